The predicted molar refractivity (Wildman–Crippen MR) is 122 cm³/mol. The highest BCUT2D eigenvalue weighted by molar-refractivity contribution is 6.47. The number of halogens is 2. The lowest BCUT2D eigenvalue weighted by molar-refractivity contribution is -0.120. The van der Waals surface area contributed by atoms with Gasteiger partial charge in [-0.25, -0.2) is 4.90 Å². The van der Waals surface area contributed by atoms with Gasteiger partial charge in [-0.3, -0.25) is 9.59 Å². The zero-order valence-electron chi connectivity index (χ0n) is 16.2. The Balaban J connectivity index is 1.91. The third-order valence-electron chi connectivity index (χ3n) is 4.88. The van der Waals surface area contributed by atoms with Gasteiger partial charge in [0, 0.05) is 22.3 Å². The molecule has 3 aromatic carbocycles. The molecule has 0 radical (unpaired) electrons. The second kappa shape index (κ2) is 8.34. The summed E-state index contributed by atoms with van der Waals surface area (Å²) in [6, 6.07) is 23.4. The SMILES string of the molecule is CCN(C1=C(c2ccccc2)C(=O)N(c2cc(Cl)cc(Cl)c2)C1=O)c1ccccc1. The quantitative estimate of drug-likeness (QED) is 0.474. The number of hydrogen-bond acceptors (Lipinski definition) is 3. The van der Waals surface area contributed by atoms with Crippen molar-refractivity contribution < 1.29 is 9.59 Å². The molecule has 6 heteroatoms. The molecule has 0 spiro atoms. The third-order valence-corrected chi connectivity index (χ3v) is 5.32. The Labute approximate surface area is 184 Å². The van der Waals surface area contributed by atoms with Crippen LogP contribution in [0.4, 0.5) is 11.4 Å². The number of hydrogen-bond donors (Lipinski definition) is 0. The van der Waals surface area contributed by atoms with Crippen molar-refractivity contribution in [3.8, 4) is 0 Å². The maximum atomic E-state index is 13.6. The first kappa shape index (κ1) is 20.2. The van der Waals surface area contributed by atoms with Crippen LogP contribution in [-0.4, -0.2) is 18.4 Å². The Morgan fingerprint density at radius 3 is 1.93 bits per heavy atom. The molecule has 3 aromatic rings. The van der Waals surface area contributed by atoms with Crippen LogP contribution < -0.4 is 9.80 Å². The van der Waals surface area contributed by atoms with Crippen LogP contribution in [0.1, 0.15) is 12.5 Å². The molecule has 0 unspecified atom stereocenters. The first-order valence-corrected chi connectivity index (χ1v) is 10.2. The van der Waals surface area contributed by atoms with Crippen LogP contribution in [0.25, 0.3) is 5.57 Å². The summed E-state index contributed by atoms with van der Waals surface area (Å²) in [5.74, 6) is -0.822. The average Bonchev–Trinajstić information content (AvgIpc) is 2.99. The molecule has 4 rings (SSSR count). The minimum Gasteiger partial charge on any atom is -0.337 e. The highest BCUT2D eigenvalue weighted by Crippen LogP contribution is 2.38. The molecule has 0 atom stereocenters. The standard InChI is InChI=1S/C24H18Cl2N2O2/c1-2-27(19-11-7-4-8-12-19)22-21(16-9-5-3-6-10-16)23(29)28(24(22)30)20-14-17(25)13-18(26)15-20/h3-15H,2H2,1H3. The minimum atomic E-state index is -0.414. The van der Waals surface area contributed by atoms with Crippen molar-refractivity contribution in [2.45, 2.75) is 6.92 Å². The topological polar surface area (TPSA) is 40.6 Å². The fraction of sp³-hybridized carbons (Fsp3) is 0.0833. The van der Waals surface area contributed by atoms with Crippen LogP contribution in [0.3, 0.4) is 0 Å². The zero-order chi connectivity index (χ0) is 21.3. The Bertz CT molecular complexity index is 1120. The van der Waals surface area contributed by atoms with E-state index in [2.05, 4.69) is 0 Å². The number of benzene rings is 3. The van der Waals surface area contributed by atoms with E-state index in [1.54, 1.807) is 18.2 Å². The van der Waals surface area contributed by atoms with Crippen molar-refractivity contribution in [1.29, 1.82) is 0 Å². The smallest absolute Gasteiger partial charge is 0.282 e. The molecule has 1 aliphatic heterocycles. The molecular weight excluding hydrogens is 419 g/mol. The van der Waals surface area contributed by atoms with Gasteiger partial charge in [-0.1, -0.05) is 71.7 Å². The highest BCUT2D eigenvalue weighted by atomic mass is 35.5. The molecule has 0 saturated heterocycles. The molecule has 0 aliphatic carbocycles. The minimum absolute atomic E-state index is 0.330. The fourth-order valence-corrected chi connectivity index (χ4v) is 4.13. The number of likely N-dealkylation sites (N-methyl/N-ethyl adjacent to an activating group) is 1. The maximum Gasteiger partial charge on any atom is 0.282 e. The Morgan fingerprint density at radius 1 is 0.800 bits per heavy atom. The lowest BCUT2D eigenvalue weighted by Gasteiger charge is -2.25. The van der Waals surface area contributed by atoms with E-state index < -0.39 is 11.8 Å². The average molecular weight is 437 g/mol. The molecule has 2 amide bonds. The van der Waals surface area contributed by atoms with Gasteiger partial charge < -0.3 is 4.90 Å². The zero-order valence-corrected chi connectivity index (χ0v) is 17.7. The van der Waals surface area contributed by atoms with Gasteiger partial charge in [0.05, 0.1) is 11.3 Å². The van der Waals surface area contributed by atoms with Crippen LogP contribution in [0.15, 0.2) is 84.6 Å². The molecule has 0 aromatic heterocycles. The predicted octanol–water partition coefficient (Wildman–Crippen LogP) is 5.80. The monoisotopic (exact) mass is 436 g/mol. The molecule has 1 heterocycles. The summed E-state index contributed by atoms with van der Waals surface area (Å²) in [6.45, 7) is 2.46. The van der Waals surface area contributed by atoms with Gasteiger partial charge in [0.2, 0.25) is 0 Å². The van der Waals surface area contributed by atoms with Crippen molar-refractivity contribution in [1.82, 2.24) is 0 Å². The van der Waals surface area contributed by atoms with Crippen LogP contribution in [0.5, 0.6) is 0 Å². The van der Waals surface area contributed by atoms with Gasteiger partial charge in [-0.05, 0) is 42.8 Å². The summed E-state index contributed by atoms with van der Waals surface area (Å²) in [7, 11) is 0. The second-order valence-corrected chi connectivity index (χ2v) is 7.62. The molecule has 150 valence electrons. The van der Waals surface area contributed by atoms with Crippen LogP contribution in [0.2, 0.25) is 10.0 Å². The summed E-state index contributed by atoms with van der Waals surface area (Å²) in [5.41, 5.74) is 2.53. The van der Waals surface area contributed by atoms with Crippen molar-refractivity contribution in [3.05, 3.63) is 100 Å². The lowest BCUT2D eigenvalue weighted by Crippen LogP contribution is -2.35. The van der Waals surface area contributed by atoms with E-state index in [9.17, 15) is 9.59 Å². The maximum absolute atomic E-state index is 13.6. The van der Waals surface area contributed by atoms with Crippen molar-refractivity contribution >= 4 is 52.0 Å². The molecular formula is C24H18Cl2N2O2. The first-order valence-electron chi connectivity index (χ1n) is 9.48. The van der Waals surface area contributed by atoms with Crippen molar-refractivity contribution in [3.63, 3.8) is 0 Å². The molecule has 0 fully saturated rings. The van der Waals surface area contributed by atoms with E-state index in [1.165, 1.54) is 0 Å². The van der Waals surface area contributed by atoms with E-state index in [4.69, 9.17) is 23.2 Å². The van der Waals surface area contributed by atoms with Gasteiger partial charge in [-0.15, -0.1) is 0 Å². The normalized spacial score (nSPS) is 13.9. The number of rotatable bonds is 5. The molecule has 1 aliphatic rings. The Kier molecular flexibility index (Phi) is 5.62. The number of anilines is 2. The summed E-state index contributed by atoms with van der Waals surface area (Å²) in [5, 5.41) is 0.700. The van der Waals surface area contributed by atoms with Crippen LogP contribution in [-0.2, 0) is 9.59 Å². The number of imide groups is 1. The number of carbonyl (C=O) groups excluding carboxylic acids is 2. The highest BCUT2D eigenvalue weighted by Gasteiger charge is 2.42. The molecule has 0 bridgehead atoms. The number of para-hydroxylation sites is 1. The lowest BCUT2D eigenvalue weighted by atomic mass is 10.0. The molecule has 0 saturated carbocycles. The summed E-state index contributed by atoms with van der Waals surface area (Å²) in [6.07, 6.45) is 0. The van der Waals surface area contributed by atoms with E-state index in [1.807, 2.05) is 72.5 Å². The number of amides is 2. The molecule has 30 heavy (non-hydrogen) atoms. The van der Waals surface area contributed by atoms with Crippen molar-refractivity contribution in [2.24, 2.45) is 0 Å². The third kappa shape index (κ3) is 3.60. The largest absolute Gasteiger partial charge is 0.337 e. The van der Waals surface area contributed by atoms with Crippen molar-refractivity contribution in [2.75, 3.05) is 16.3 Å². The van der Waals surface area contributed by atoms with Gasteiger partial charge in [0.15, 0.2) is 0 Å². The van der Waals surface area contributed by atoms with Gasteiger partial charge in [-0.2, -0.15) is 0 Å². The Morgan fingerprint density at radius 2 is 1.37 bits per heavy atom. The van der Waals surface area contributed by atoms with Gasteiger partial charge in [0.1, 0.15) is 5.70 Å². The second-order valence-electron chi connectivity index (χ2n) is 6.74. The summed E-state index contributed by atoms with van der Waals surface area (Å²) >= 11 is 12.3. The van der Waals surface area contributed by atoms with Gasteiger partial charge in [0.25, 0.3) is 11.8 Å². The summed E-state index contributed by atoms with van der Waals surface area (Å²) < 4.78 is 0. The van der Waals surface area contributed by atoms with E-state index in [-0.39, 0.29) is 0 Å². The number of carbonyl (C=O) groups is 2. The van der Waals surface area contributed by atoms with E-state index in [0.717, 1.165) is 10.6 Å². The van der Waals surface area contributed by atoms with Crippen LogP contribution >= 0.6 is 23.2 Å². The first-order chi connectivity index (χ1) is 14.5. The van der Waals surface area contributed by atoms with Gasteiger partial charge >= 0.3 is 0 Å². The summed E-state index contributed by atoms with van der Waals surface area (Å²) in [4.78, 5) is 30.1. The molecule has 4 nitrogen and oxygen atoms in total. The Hall–Kier alpha value is -3.08. The molecule has 0 N–H and O–H groups in total. The van der Waals surface area contributed by atoms with E-state index in [0.29, 0.717) is 39.1 Å². The van der Waals surface area contributed by atoms with E-state index >= 15 is 0 Å². The number of nitrogens with zero attached hydrogens (tertiary/aromatic N) is 2. The van der Waals surface area contributed by atoms with Crippen LogP contribution in [0, 0.1) is 0 Å². The fourth-order valence-electron chi connectivity index (χ4n) is 3.61.